The summed E-state index contributed by atoms with van der Waals surface area (Å²) in [6.45, 7) is 4.00. The lowest BCUT2D eigenvalue weighted by atomic mass is 10.1. The van der Waals surface area contributed by atoms with Crippen LogP contribution in [0.2, 0.25) is 0 Å². The van der Waals surface area contributed by atoms with Crippen molar-refractivity contribution in [3.63, 3.8) is 0 Å². The summed E-state index contributed by atoms with van der Waals surface area (Å²) in [4.78, 5) is 29.6. The third-order valence-corrected chi connectivity index (χ3v) is 6.32. The van der Waals surface area contributed by atoms with Gasteiger partial charge in [0.1, 0.15) is 0 Å². The van der Waals surface area contributed by atoms with Crippen molar-refractivity contribution >= 4 is 61.9 Å². The Bertz CT molecular complexity index is 1010. The molecule has 0 radical (unpaired) electrons. The largest absolute Gasteiger partial charge is 0.285 e. The summed E-state index contributed by atoms with van der Waals surface area (Å²) in [6.07, 6.45) is 0. The molecule has 0 saturated heterocycles. The maximum Gasteiger partial charge on any atom is 0.266 e. The monoisotopic (exact) mass is 530 g/mol. The number of carbonyl (C=O) groups excluding carboxylic acids is 1. The van der Waals surface area contributed by atoms with Crippen LogP contribution in [0.4, 0.5) is 0 Å². The number of halogens is 2. The Hall–Kier alpha value is -1.29. The van der Waals surface area contributed by atoms with Gasteiger partial charge in [0.05, 0.1) is 22.2 Å². The number of ketones is 1. The third kappa shape index (κ3) is 2.51. The molecule has 2 aromatic carbocycles. The van der Waals surface area contributed by atoms with Gasteiger partial charge < -0.3 is 0 Å². The Kier molecular flexibility index (Phi) is 4.54. The Labute approximate surface area is 160 Å². The molecule has 0 fully saturated rings. The fraction of sp³-hybridized carbons (Fsp3) is 0.118. The topological polar surface area (TPSA) is 52.0 Å². The maximum atomic E-state index is 12.8. The molecule has 0 unspecified atom stereocenters. The van der Waals surface area contributed by atoms with Crippen molar-refractivity contribution in [2.75, 3.05) is 0 Å². The second kappa shape index (κ2) is 6.31. The second-order valence-electron chi connectivity index (χ2n) is 4.71. The van der Waals surface area contributed by atoms with Crippen LogP contribution in [-0.4, -0.2) is 15.3 Å². The summed E-state index contributed by atoms with van der Waals surface area (Å²) in [5.74, 6) is 0.00358. The zero-order valence-corrected chi connectivity index (χ0v) is 16.7. The molecule has 1 aliphatic heterocycles. The van der Waals surface area contributed by atoms with E-state index in [9.17, 15) is 9.59 Å². The van der Waals surface area contributed by atoms with Crippen LogP contribution >= 0.6 is 45.2 Å². The Balaban J connectivity index is 0.000000753. The van der Waals surface area contributed by atoms with Crippen LogP contribution in [0.1, 0.15) is 30.0 Å². The molecule has 0 N–H and O–H groups in total. The van der Waals surface area contributed by atoms with Crippen molar-refractivity contribution in [2.45, 2.75) is 13.8 Å². The van der Waals surface area contributed by atoms with Crippen molar-refractivity contribution < 1.29 is 4.79 Å². The number of rotatable bonds is 0. The van der Waals surface area contributed by atoms with E-state index in [1.54, 1.807) is 18.2 Å². The van der Waals surface area contributed by atoms with Crippen LogP contribution < -0.4 is 5.56 Å². The highest BCUT2D eigenvalue weighted by atomic mass is 127. The second-order valence-corrected chi connectivity index (χ2v) is 7.03. The fourth-order valence-electron chi connectivity index (χ4n) is 2.54. The highest BCUT2D eigenvalue weighted by molar-refractivity contribution is 14.1. The molecule has 0 spiro atoms. The molecule has 1 aromatic heterocycles. The lowest BCUT2D eigenvalue weighted by Crippen LogP contribution is -2.21. The zero-order valence-electron chi connectivity index (χ0n) is 12.4. The minimum atomic E-state index is -0.196. The molecule has 1 aliphatic rings. The van der Waals surface area contributed by atoms with Gasteiger partial charge in [-0.05, 0) is 69.4 Å². The van der Waals surface area contributed by atoms with Gasteiger partial charge in [-0.25, -0.2) is 4.98 Å². The quantitative estimate of drug-likeness (QED) is 0.321. The van der Waals surface area contributed by atoms with E-state index in [1.807, 2.05) is 32.0 Å². The molecule has 116 valence electrons. The summed E-state index contributed by atoms with van der Waals surface area (Å²) >= 11 is 4.39. The molecule has 2 heterocycles. The van der Waals surface area contributed by atoms with Crippen LogP contribution in [0.3, 0.4) is 0 Å². The highest BCUT2D eigenvalue weighted by Crippen LogP contribution is 2.27. The number of fused-ring (bicyclic) bond motifs is 4. The number of hydrogen-bond acceptors (Lipinski definition) is 3. The van der Waals surface area contributed by atoms with E-state index < -0.39 is 0 Å². The van der Waals surface area contributed by atoms with Crippen LogP contribution in [0.25, 0.3) is 16.6 Å². The van der Waals surface area contributed by atoms with Crippen LogP contribution in [0.5, 0.6) is 0 Å². The molecule has 4 rings (SSSR count). The summed E-state index contributed by atoms with van der Waals surface area (Å²) in [5, 5.41) is 0.535. The molecule has 0 bridgehead atoms. The normalized spacial score (nSPS) is 11.7. The smallest absolute Gasteiger partial charge is 0.266 e. The third-order valence-electron chi connectivity index (χ3n) is 3.50. The zero-order chi connectivity index (χ0) is 16.7. The van der Waals surface area contributed by atoms with E-state index in [0.29, 0.717) is 22.2 Å². The Morgan fingerprint density at radius 2 is 1.65 bits per heavy atom. The number of nitrogens with zero attached hydrogens (tertiary/aromatic N) is 2. The van der Waals surface area contributed by atoms with Crippen molar-refractivity contribution in [2.24, 2.45) is 0 Å². The molecular formula is C17H12I2N2O2. The van der Waals surface area contributed by atoms with Crippen molar-refractivity contribution in [3.05, 3.63) is 65.3 Å². The SMILES string of the molecule is CC.O=C1c2ccccc2-n2c1nc1cc(I)c(I)cc1c2=O. The van der Waals surface area contributed by atoms with Gasteiger partial charge in [0, 0.05) is 7.14 Å². The number of hydrogen-bond donors (Lipinski definition) is 0. The van der Waals surface area contributed by atoms with Crippen LogP contribution in [-0.2, 0) is 0 Å². The molecule has 0 atom stereocenters. The lowest BCUT2D eigenvalue weighted by Gasteiger charge is -2.06. The van der Waals surface area contributed by atoms with Crippen molar-refractivity contribution in [1.29, 1.82) is 0 Å². The van der Waals surface area contributed by atoms with E-state index in [-0.39, 0.29) is 17.2 Å². The first-order valence-electron chi connectivity index (χ1n) is 7.14. The van der Waals surface area contributed by atoms with E-state index in [0.717, 1.165) is 7.14 Å². The van der Waals surface area contributed by atoms with Gasteiger partial charge in [0.15, 0.2) is 5.82 Å². The molecule has 3 aromatic rings. The average molecular weight is 530 g/mol. The van der Waals surface area contributed by atoms with Crippen LogP contribution in [0.15, 0.2) is 41.2 Å². The number of benzene rings is 2. The van der Waals surface area contributed by atoms with Gasteiger partial charge in [0.2, 0.25) is 5.78 Å². The molecule has 0 saturated carbocycles. The molecular weight excluding hydrogens is 518 g/mol. The predicted octanol–water partition coefficient (Wildman–Crippen LogP) is 4.17. The van der Waals surface area contributed by atoms with Gasteiger partial charge in [-0.15, -0.1) is 0 Å². The lowest BCUT2D eigenvalue weighted by molar-refractivity contribution is 0.103. The maximum absolute atomic E-state index is 12.8. The highest BCUT2D eigenvalue weighted by Gasteiger charge is 2.29. The standard InChI is InChI=1S/C15H6I2N2O2.C2H6/c16-9-5-8-11(6-10(9)17)18-14-13(20)7-3-1-2-4-12(7)19(14)15(8)21;1-2/h1-6H;1-2H3. The molecule has 23 heavy (non-hydrogen) atoms. The van der Waals surface area contributed by atoms with E-state index in [1.165, 1.54) is 4.57 Å². The van der Waals surface area contributed by atoms with Crippen molar-refractivity contribution in [1.82, 2.24) is 9.55 Å². The van der Waals surface area contributed by atoms with Gasteiger partial charge in [-0.1, -0.05) is 26.0 Å². The number of carbonyl (C=O) groups is 1. The minimum Gasteiger partial charge on any atom is -0.285 e. The first-order chi connectivity index (χ1) is 11.1. The number of para-hydroxylation sites is 1. The molecule has 0 aliphatic carbocycles. The van der Waals surface area contributed by atoms with Gasteiger partial charge in [-0.3, -0.25) is 14.2 Å². The Morgan fingerprint density at radius 1 is 1.00 bits per heavy atom. The van der Waals surface area contributed by atoms with E-state index >= 15 is 0 Å². The fourth-order valence-corrected chi connectivity index (χ4v) is 3.46. The van der Waals surface area contributed by atoms with Crippen molar-refractivity contribution in [3.8, 4) is 5.69 Å². The van der Waals surface area contributed by atoms with Crippen LogP contribution in [0, 0.1) is 7.14 Å². The summed E-state index contributed by atoms with van der Waals surface area (Å²) in [7, 11) is 0. The van der Waals surface area contributed by atoms with Gasteiger partial charge >= 0.3 is 0 Å². The average Bonchev–Trinajstić information content (AvgIpc) is 2.85. The first-order valence-corrected chi connectivity index (χ1v) is 9.29. The van der Waals surface area contributed by atoms with Gasteiger partial charge in [-0.2, -0.15) is 0 Å². The molecule has 6 heteroatoms. The van der Waals surface area contributed by atoms with E-state index in [4.69, 9.17) is 0 Å². The number of aromatic nitrogens is 2. The summed E-state index contributed by atoms with van der Waals surface area (Å²) < 4.78 is 3.43. The van der Waals surface area contributed by atoms with E-state index in [2.05, 4.69) is 50.2 Å². The molecule has 4 nitrogen and oxygen atoms in total. The summed E-state index contributed by atoms with van der Waals surface area (Å²) in [5.41, 5.74) is 1.52. The first kappa shape index (κ1) is 16.6. The predicted molar refractivity (Wildman–Crippen MR) is 108 cm³/mol. The minimum absolute atomic E-state index is 0.192. The van der Waals surface area contributed by atoms with Gasteiger partial charge in [0.25, 0.3) is 5.56 Å². The Morgan fingerprint density at radius 3 is 2.39 bits per heavy atom. The summed E-state index contributed by atoms with van der Waals surface area (Å²) in [6, 6.07) is 10.8. The molecule has 0 amide bonds.